The monoisotopic (exact) mass is 334 g/mol. The largest absolute Gasteiger partial charge is 0.416 e. The lowest BCUT2D eigenvalue weighted by Crippen LogP contribution is -2.08. The van der Waals surface area contributed by atoms with Gasteiger partial charge in [0.2, 0.25) is 0 Å². The highest BCUT2D eigenvalue weighted by atomic mass is 35.5. The van der Waals surface area contributed by atoms with Crippen LogP contribution in [0.15, 0.2) is 42.5 Å². The first-order valence-electron chi connectivity index (χ1n) is 6.06. The van der Waals surface area contributed by atoms with Crippen LogP contribution in [0.2, 0.25) is 10.0 Å². The minimum Gasteiger partial charge on any atom is -0.388 e. The van der Waals surface area contributed by atoms with Crippen LogP contribution in [0.4, 0.5) is 13.2 Å². The Balaban J connectivity index is 2.22. The fourth-order valence-corrected chi connectivity index (χ4v) is 2.42. The molecule has 1 unspecified atom stereocenters. The average Bonchev–Trinajstić information content (AvgIpc) is 2.41. The zero-order valence-electron chi connectivity index (χ0n) is 10.7. The molecule has 0 radical (unpaired) electrons. The third-order valence-electron chi connectivity index (χ3n) is 3.03. The summed E-state index contributed by atoms with van der Waals surface area (Å²) < 4.78 is 37.9. The topological polar surface area (TPSA) is 20.2 Å². The van der Waals surface area contributed by atoms with Crippen molar-refractivity contribution in [3.63, 3.8) is 0 Å². The highest BCUT2D eigenvalue weighted by Gasteiger charge is 2.30. The van der Waals surface area contributed by atoms with Crippen LogP contribution in [0.1, 0.15) is 22.8 Å². The second kappa shape index (κ2) is 6.26. The number of rotatable bonds is 3. The molecular weight excluding hydrogens is 324 g/mol. The summed E-state index contributed by atoms with van der Waals surface area (Å²) in [5, 5.41) is 10.9. The SMILES string of the molecule is OC(Cc1ccc(Cl)cc1Cl)c1cccc(C(F)(F)F)c1. The molecule has 6 heteroatoms. The van der Waals surface area contributed by atoms with E-state index < -0.39 is 17.8 Å². The van der Waals surface area contributed by atoms with E-state index >= 15 is 0 Å². The van der Waals surface area contributed by atoms with Crippen LogP contribution in [0.3, 0.4) is 0 Å². The summed E-state index contributed by atoms with van der Waals surface area (Å²) in [6.45, 7) is 0. The van der Waals surface area contributed by atoms with E-state index in [0.717, 1.165) is 12.1 Å². The van der Waals surface area contributed by atoms with E-state index in [9.17, 15) is 18.3 Å². The molecule has 0 aliphatic heterocycles. The van der Waals surface area contributed by atoms with Gasteiger partial charge in [-0.05, 0) is 35.4 Å². The highest BCUT2D eigenvalue weighted by Crippen LogP contribution is 2.32. The summed E-state index contributed by atoms with van der Waals surface area (Å²) in [6.07, 6.45) is -5.41. The van der Waals surface area contributed by atoms with E-state index in [1.807, 2.05) is 0 Å². The molecular formula is C15H11Cl2F3O. The van der Waals surface area contributed by atoms with Crippen molar-refractivity contribution in [3.05, 3.63) is 69.2 Å². The Hall–Kier alpha value is -1.23. The molecule has 0 heterocycles. The number of aliphatic hydroxyl groups is 1. The van der Waals surface area contributed by atoms with Crippen molar-refractivity contribution in [2.75, 3.05) is 0 Å². The Morgan fingerprint density at radius 1 is 1.05 bits per heavy atom. The fourth-order valence-electron chi connectivity index (χ4n) is 1.94. The summed E-state index contributed by atoms with van der Waals surface area (Å²) >= 11 is 11.8. The smallest absolute Gasteiger partial charge is 0.388 e. The van der Waals surface area contributed by atoms with Crippen LogP contribution in [0.5, 0.6) is 0 Å². The van der Waals surface area contributed by atoms with E-state index in [2.05, 4.69) is 0 Å². The zero-order valence-corrected chi connectivity index (χ0v) is 12.2. The Bertz CT molecular complexity index is 641. The van der Waals surface area contributed by atoms with Gasteiger partial charge in [-0.15, -0.1) is 0 Å². The number of alkyl halides is 3. The highest BCUT2D eigenvalue weighted by molar-refractivity contribution is 6.35. The van der Waals surface area contributed by atoms with Crippen molar-refractivity contribution in [1.82, 2.24) is 0 Å². The molecule has 1 nitrogen and oxygen atoms in total. The van der Waals surface area contributed by atoms with E-state index in [4.69, 9.17) is 23.2 Å². The predicted octanol–water partition coefficient (Wildman–Crippen LogP) is 5.29. The molecule has 2 aromatic rings. The summed E-state index contributed by atoms with van der Waals surface area (Å²) in [6, 6.07) is 9.40. The van der Waals surface area contributed by atoms with Crippen molar-refractivity contribution in [2.45, 2.75) is 18.7 Å². The predicted molar refractivity (Wildman–Crippen MR) is 76.6 cm³/mol. The number of hydrogen-bond donors (Lipinski definition) is 1. The number of halogens is 5. The van der Waals surface area contributed by atoms with Crippen LogP contribution in [0.25, 0.3) is 0 Å². The molecule has 0 aliphatic rings. The first kappa shape index (κ1) is 16.1. The third-order valence-corrected chi connectivity index (χ3v) is 3.61. The molecule has 2 aromatic carbocycles. The van der Waals surface area contributed by atoms with Crippen LogP contribution in [-0.4, -0.2) is 5.11 Å². The molecule has 0 saturated carbocycles. The molecule has 0 spiro atoms. The molecule has 0 saturated heterocycles. The van der Waals surface area contributed by atoms with Crippen LogP contribution >= 0.6 is 23.2 Å². The second-order valence-corrected chi connectivity index (χ2v) is 5.42. The zero-order chi connectivity index (χ0) is 15.6. The van der Waals surface area contributed by atoms with E-state index in [0.29, 0.717) is 15.6 Å². The van der Waals surface area contributed by atoms with Gasteiger partial charge in [-0.25, -0.2) is 0 Å². The van der Waals surface area contributed by atoms with Crippen LogP contribution in [-0.2, 0) is 12.6 Å². The van der Waals surface area contributed by atoms with Gasteiger partial charge >= 0.3 is 6.18 Å². The Morgan fingerprint density at radius 2 is 1.76 bits per heavy atom. The Labute approximate surface area is 129 Å². The second-order valence-electron chi connectivity index (χ2n) is 4.58. The van der Waals surface area contributed by atoms with Crippen molar-refractivity contribution < 1.29 is 18.3 Å². The third kappa shape index (κ3) is 4.13. The quantitative estimate of drug-likeness (QED) is 0.808. The lowest BCUT2D eigenvalue weighted by molar-refractivity contribution is -0.137. The van der Waals surface area contributed by atoms with E-state index in [1.165, 1.54) is 18.2 Å². The van der Waals surface area contributed by atoms with Gasteiger partial charge in [0, 0.05) is 16.5 Å². The van der Waals surface area contributed by atoms with Gasteiger partial charge in [0.25, 0.3) is 0 Å². The number of hydrogen-bond acceptors (Lipinski definition) is 1. The maximum absolute atomic E-state index is 12.6. The molecule has 112 valence electrons. The summed E-state index contributed by atoms with van der Waals surface area (Å²) in [5.41, 5.74) is 0.0167. The van der Waals surface area contributed by atoms with Gasteiger partial charge in [-0.2, -0.15) is 13.2 Å². The molecule has 0 amide bonds. The molecule has 1 atom stereocenters. The van der Waals surface area contributed by atoms with Crippen molar-refractivity contribution >= 4 is 23.2 Å². The molecule has 0 fully saturated rings. The lowest BCUT2D eigenvalue weighted by atomic mass is 9.99. The number of aliphatic hydroxyl groups excluding tert-OH is 1. The molecule has 0 bridgehead atoms. The standard InChI is InChI=1S/C15H11Cl2F3O/c16-12-5-4-9(13(17)8-12)7-14(21)10-2-1-3-11(6-10)15(18,19)20/h1-6,8,14,21H,7H2. The normalized spacial score (nSPS) is 13.2. The first-order chi connectivity index (χ1) is 9.77. The summed E-state index contributed by atoms with van der Waals surface area (Å²) in [5.74, 6) is 0. The van der Waals surface area contributed by atoms with Crippen molar-refractivity contribution in [3.8, 4) is 0 Å². The van der Waals surface area contributed by atoms with Gasteiger partial charge in [0.15, 0.2) is 0 Å². The lowest BCUT2D eigenvalue weighted by Gasteiger charge is -2.14. The fraction of sp³-hybridized carbons (Fsp3) is 0.200. The average molecular weight is 335 g/mol. The molecule has 21 heavy (non-hydrogen) atoms. The molecule has 2 rings (SSSR count). The van der Waals surface area contributed by atoms with Gasteiger partial charge in [0.1, 0.15) is 0 Å². The molecule has 1 N–H and O–H groups in total. The van der Waals surface area contributed by atoms with E-state index in [1.54, 1.807) is 12.1 Å². The minimum atomic E-state index is -4.44. The molecule has 0 aromatic heterocycles. The van der Waals surface area contributed by atoms with Gasteiger partial charge in [-0.1, -0.05) is 41.4 Å². The van der Waals surface area contributed by atoms with Gasteiger partial charge < -0.3 is 5.11 Å². The Kier molecular flexibility index (Phi) is 4.81. The summed E-state index contributed by atoms with van der Waals surface area (Å²) in [7, 11) is 0. The minimum absolute atomic E-state index is 0.108. The first-order valence-corrected chi connectivity index (χ1v) is 6.82. The number of benzene rings is 2. The van der Waals surface area contributed by atoms with Crippen molar-refractivity contribution in [2.24, 2.45) is 0 Å². The Morgan fingerprint density at radius 3 is 2.38 bits per heavy atom. The van der Waals surface area contributed by atoms with E-state index in [-0.39, 0.29) is 12.0 Å². The maximum atomic E-state index is 12.6. The van der Waals surface area contributed by atoms with Crippen LogP contribution in [0, 0.1) is 0 Å². The van der Waals surface area contributed by atoms with Crippen molar-refractivity contribution in [1.29, 1.82) is 0 Å². The van der Waals surface area contributed by atoms with Gasteiger partial charge in [-0.3, -0.25) is 0 Å². The maximum Gasteiger partial charge on any atom is 0.416 e. The summed E-state index contributed by atoms with van der Waals surface area (Å²) in [4.78, 5) is 0. The van der Waals surface area contributed by atoms with Crippen LogP contribution < -0.4 is 0 Å². The van der Waals surface area contributed by atoms with Gasteiger partial charge in [0.05, 0.1) is 11.7 Å². The molecule has 0 aliphatic carbocycles.